The van der Waals surface area contributed by atoms with Crippen molar-refractivity contribution >= 4 is 29.8 Å². The van der Waals surface area contributed by atoms with Crippen LogP contribution in [-0.4, -0.2) is 79.7 Å². The summed E-state index contributed by atoms with van der Waals surface area (Å²) in [6.07, 6.45) is 3.00. The lowest BCUT2D eigenvalue weighted by Gasteiger charge is -2.27. The van der Waals surface area contributed by atoms with Crippen molar-refractivity contribution in [3.8, 4) is 5.69 Å². The number of halogens is 1. The van der Waals surface area contributed by atoms with E-state index in [-0.39, 0.29) is 37.6 Å². The number of carboxylic acids is 2. The molecule has 1 heterocycles. The van der Waals surface area contributed by atoms with Gasteiger partial charge in [0.05, 0.1) is 24.3 Å². The summed E-state index contributed by atoms with van der Waals surface area (Å²) in [5.41, 5.74) is 2.43. The average Bonchev–Trinajstić information content (AvgIpc) is 3.35. The second-order valence-electron chi connectivity index (χ2n) is 8.58. The highest BCUT2D eigenvalue weighted by Gasteiger charge is 2.30. The summed E-state index contributed by atoms with van der Waals surface area (Å²) in [4.78, 5) is 64.5. The van der Waals surface area contributed by atoms with Crippen LogP contribution < -0.4 is 0 Å². The summed E-state index contributed by atoms with van der Waals surface area (Å²) in [7, 11) is 1.31. The van der Waals surface area contributed by atoms with E-state index < -0.39 is 36.5 Å². The van der Waals surface area contributed by atoms with Crippen LogP contribution in [0.5, 0.6) is 0 Å². The molecule has 0 aliphatic rings. The molecule has 0 fully saturated rings. The standard InChI is InChI=1S/C24H31FN4O6.CO2/c1-16(23(33)28(2)21(24(34)35)11-12-22(31)32)14-20(30)10-7-17-5-8-19(9-6-17)29-15-18(26-27-29)4-3-13-25;2-1-3/h5-6,8-9,15-16,21H,3-4,7,10-14H2,1-2H3,(H,31,32)(H,34,35);/t16-,21?;/m1./s1. The van der Waals surface area contributed by atoms with Gasteiger partial charge in [-0.2, -0.15) is 9.59 Å². The fraction of sp³-hybridized carbons (Fsp3) is 0.480. The Kier molecular flexibility index (Phi) is 13.8. The topological polar surface area (TPSA) is 177 Å². The Morgan fingerprint density at radius 3 is 2.26 bits per heavy atom. The van der Waals surface area contributed by atoms with Gasteiger partial charge < -0.3 is 15.1 Å². The molecule has 0 radical (unpaired) electrons. The molecule has 2 aromatic rings. The number of likely N-dealkylation sites (N-methyl/N-ethyl adjacent to an activating group) is 1. The molecular weight excluding hydrogens is 503 g/mol. The van der Waals surface area contributed by atoms with Crippen molar-refractivity contribution in [1.29, 1.82) is 0 Å². The van der Waals surface area contributed by atoms with Crippen LogP contribution in [0.25, 0.3) is 5.69 Å². The van der Waals surface area contributed by atoms with E-state index in [0.29, 0.717) is 25.0 Å². The Labute approximate surface area is 218 Å². The molecule has 0 saturated heterocycles. The van der Waals surface area contributed by atoms with Crippen LogP contribution in [0.1, 0.15) is 50.3 Å². The molecule has 13 heteroatoms. The largest absolute Gasteiger partial charge is 0.481 e. The highest BCUT2D eigenvalue weighted by molar-refractivity contribution is 5.89. The van der Waals surface area contributed by atoms with Gasteiger partial charge in [-0.1, -0.05) is 24.3 Å². The smallest absolute Gasteiger partial charge is 0.373 e. The zero-order chi connectivity index (χ0) is 28.7. The number of amides is 1. The van der Waals surface area contributed by atoms with Crippen molar-refractivity contribution in [2.75, 3.05) is 13.7 Å². The van der Waals surface area contributed by atoms with Gasteiger partial charge in [-0.3, -0.25) is 18.8 Å². The first-order valence-corrected chi connectivity index (χ1v) is 11.8. The molecule has 1 unspecified atom stereocenters. The van der Waals surface area contributed by atoms with E-state index in [1.54, 1.807) is 17.8 Å². The van der Waals surface area contributed by atoms with Gasteiger partial charge in [-0.25, -0.2) is 9.48 Å². The predicted octanol–water partition coefficient (Wildman–Crippen LogP) is 1.89. The van der Waals surface area contributed by atoms with Gasteiger partial charge in [-0.15, -0.1) is 5.10 Å². The Hall–Kier alpha value is -4.25. The molecule has 0 bridgehead atoms. The number of carboxylic acid groups (broad SMARTS) is 2. The third-order valence-corrected chi connectivity index (χ3v) is 5.69. The molecular formula is C25H31FN4O8. The molecule has 1 amide bonds. The fourth-order valence-corrected chi connectivity index (χ4v) is 3.66. The Morgan fingerprint density at radius 1 is 1.08 bits per heavy atom. The lowest BCUT2D eigenvalue weighted by atomic mass is 9.97. The Morgan fingerprint density at radius 2 is 1.71 bits per heavy atom. The third-order valence-electron chi connectivity index (χ3n) is 5.69. The van der Waals surface area contributed by atoms with Gasteiger partial charge in [0.15, 0.2) is 0 Å². The summed E-state index contributed by atoms with van der Waals surface area (Å²) in [5, 5.41) is 26.2. The second-order valence-corrected chi connectivity index (χ2v) is 8.58. The van der Waals surface area contributed by atoms with Crippen LogP contribution in [0.2, 0.25) is 0 Å². The van der Waals surface area contributed by atoms with E-state index in [9.17, 15) is 28.7 Å². The summed E-state index contributed by atoms with van der Waals surface area (Å²) >= 11 is 0. The number of aryl methyl sites for hydroxylation is 2. The lowest BCUT2D eigenvalue weighted by molar-refractivity contribution is -0.191. The Bertz CT molecular complexity index is 1110. The third kappa shape index (κ3) is 10.8. The minimum absolute atomic E-state index is 0.0346. The summed E-state index contributed by atoms with van der Waals surface area (Å²) in [6.45, 7) is 1.15. The number of aromatic nitrogens is 3. The zero-order valence-electron chi connectivity index (χ0n) is 21.2. The highest BCUT2D eigenvalue weighted by atomic mass is 19.1. The maximum atomic E-state index is 12.6. The number of hydrogen-bond donors (Lipinski definition) is 2. The molecule has 1 aromatic carbocycles. The van der Waals surface area contributed by atoms with Crippen LogP contribution >= 0.6 is 0 Å². The number of ketones is 1. The molecule has 0 saturated carbocycles. The molecule has 12 nitrogen and oxygen atoms in total. The van der Waals surface area contributed by atoms with E-state index in [1.165, 1.54) is 7.05 Å². The van der Waals surface area contributed by atoms with Crippen molar-refractivity contribution in [2.24, 2.45) is 5.92 Å². The van der Waals surface area contributed by atoms with Gasteiger partial charge in [0.1, 0.15) is 11.8 Å². The van der Waals surface area contributed by atoms with Crippen LogP contribution in [0.15, 0.2) is 30.5 Å². The van der Waals surface area contributed by atoms with Gasteiger partial charge in [0, 0.05) is 32.2 Å². The summed E-state index contributed by atoms with van der Waals surface area (Å²) in [6, 6.07) is 6.16. The quantitative estimate of drug-likeness (QED) is 0.343. The predicted molar refractivity (Wildman–Crippen MR) is 129 cm³/mol. The number of alkyl halides is 1. The average molecular weight is 535 g/mol. The SMILES string of the molecule is C[C@H](CC(=O)CCc1ccc(-n2cc(CCCF)nn2)cc1)C(=O)N(C)C(CCC(=O)O)C(=O)O.O=C=O. The first-order chi connectivity index (χ1) is 18.0. The molecule has 2 rings (SSSR count). The van der Waals surface area contributed by atoms with Crippen LogP contribution in [0.3, 0.4) is 0 Å². The van der Waals surface area contributed by atoms with E-state index >= 15 is 0 Å². The zero-order valence-corrected chi connectivity index (χ0v) is 21.2. The number of rotatable bonds is 15. The number of aliphatic carboxylic acids is 2. The maximum Gasteiger partial charge on any atom is 0.373 e. The van der Waals surface area contributed by atoms with Crippen molar-refractivity contribution in [2.45, 2.75) is 57.9 Å². The first-order valence-electron chi connectivity index (χ1n) is 11.8. The first kappa shape index (κ1) is 31.8. The molecule has 0 aliphatic carbocycles. The molecule has 0 aliphatic heterocycles. The molecule has 1 aromatic heterocycles. The molecule has 38 heavy (non-hydrogen) atoms. The van der Waals surface area contributed by atoms with E-state index in [0.717, 1.165) is 16.2 Å². The van der Waals surface area contributed by atoms with Crippen molar-refractivity contribution in [1.82, 2.24) is 19.9 Å². The lowest BCUT2D eigenvalue weighted by Crippen LogP contribution is -2.45. The van der Waals surface area contributed by atoms with E-state index in [2.05, 4.69) is 10.3 Å². The van der Waals surface area contributed by atoms with Crippen molar-refractivity contribution in [3.05, 3.63) is 41.7 Å². The van der Waals surface area contributed by atoms with Crippen LogP contribution in [0, 0.1) is 5.92 Å². The molecule has 206 valence electrons. The number of nitrogens with zero attached hydrogens (tertiary/aromatic N) is 4. The van der Waals surface area contributed by atoms with E-state index in [1.807, 2.05) is 24.3 Å². The number of Topliss-reactive ketones (excluding diaryl/α,β-unsaturated/α-hetero) is 1. The highest BCUT2D eigenvalue weighted by Crippen LogP contribution is 2.16. The minimum Gasteiger partial charge on any atom is -0.481 e. The van der Waals surface area contributed by atoms with E-state index in [4.69, 9.17) is 14.7 Å². The number of hydrogen-bond acceptors (Lipinski definition) is 8. The van der Waals surface area contributed by atoms with Crippen LogP contribution in [-0.2, 0) is 41.6 Å². The van der Waals surface area contributed by atoms with Gasteiger partial charge in [-0.05, 0) is 43.4 Å². The van der Waals surface area contributed by atoms with Crippen molar-refractivity contribution in [3.63, 3.8) is 0 Å². The number of carbonyl (C=O) groups is 4. The van der Waals surface area contributed by atoms with Crippen molar-refractivity contribution < 1.29 is 43.4 Å². The normalized spacial score (nSPS) is 11.9. The summed E-state index contributed by atoms with van der Waals surface area (Å²) < 4.78 is 13.9. The summed E-state index contributed by atoms with van der Waals surface area (Å²) in [5.74, 6) is -3.80. The van der Waals surface area contributed by atoms with Crippen LogP contribution in [0.4, 0.5) is 4.39 Å². The molecule has 0 spiro atoms. The van der Waals surface area contributed by atoms with Gasteiger partial charge >= 0.3 is 18.1 Å². The number of benzene rings is 1. The minimum atomic E-state index is -1.29. The van der Waals surface area contributed by atoms with Gasteiger partial charge in [0.2, 0.25) is 5.91 Å². The maximum absolute atomic E-state index is 12.6. The molecule has 2 N–H and O–H groups in total. The second kappa shape index (κ2) is 16.5. The fourth-order valence-electron chi connectivity index (χ4n) is 3.66. The number of carbonyl (C=O) groups excluding carboxylic acids is 4. The Balaban J connectivity index is 0.00000229. The molecule has 2 atom stereocenters. The van der Waals surface area contributed by atoms with Gasteiger partial charge in [0.25, 0.3) is 0 Å². The monoisotopic (exact) mass is 534 g/mol.